The lowest BCUT2D eigenvalue weighted by Gasteiger charge is -2.16. The van der Waals surface area contributed by atoms with Gasteiger partial charge in [0.25, 0.3) is 11.5 Å². The molecule has 4 aromatic rings. The zero-order valence-corrected chi connectivity index (χ0v) is 16.0. The number of rotatable bonds is 3. The van der Waals surface area contributed by atoms with Crippen LogP contribution in [0, 0.1) is 0 Å². The summed E-state index contributed by atoms with van der Waals surface area (Å²) in [6, 6.07) is 20.1. The first-order valence-corrected chi connectivity index (χ1v) is 9.81. The van der Waals surface area contributed by atoms with Crippen LogP contribution in [0.3, 0.4) is 0 Å². The second kappa shape index (κ2) is 7.03. The number of carbonyl (C=O) groups excluding carboxylic acids is 1. The summed E-state index contributed by atoms with van der Waals surface area (Å²) < 4.78 is 5.78. The van der Waals surface area contributed by atoms with Crippen LogP contribution in [0.1, 0.15) is 15.2 Å². The molecule has 1 aliphatic rings. The molecule has 2 N–H and O–H groups in total. The van der Waals surface area contributed by atoms with Crippen molar-refractivity contribution in [2.24, 2.45) is 0 Å². The molecule has 0 aliphatic carbocycles. The SMILES string of the molecule is O=C(Nc1cccc(-c2ccc(=O)[nH]n2)c1)c1cc2c(s1)-c1ccccc1OC2. The molecule has 1 amide bonds. The van der Waals surface area contributed by atoms with Gasteiger partial charge in [-0.1, -0.05) is 24.3 Å². The van der Waals surface area contributed by atoms with E-state index in [0.29, 0.717) is 22.9 Å². The van der Waals surface area contributed by atoms with E-state index in [1.54, 1.807) is 6.07 Å². The van der Waals surface area contributed by atoms with Crippen LogP contribution < -0.4 is 15.6 Å². The van der Waals surface area contributed by atoms with E-state index in [1.807, 2.05) is 54.6 Å². The number of hydrogen-bond donors (Lipinski definition) is 2. The molecule has 7 heteroatoms. The molecule has 0 atom stereocenters. The average molecular weight is 401 g/mol. The zero-order valence-electron chi connectivity index (χ0n) is 15.1. The highest BCUT2D eigenvalue weighted by molar-refractivity contribution is 7.17. The number of aromatic amines is 1. The van der Waals surface area contributed by atoms with E-state index >= 15 is 0 Å². The number of para-hydroxylation sites is 1. The summed E-state index contributed by atoms with van der Waals surface area (Å²) in [4.78, 5) is 25.7. The van der Waals surface area contributed by atoms with Gasteiger partial charge in [-0.05, 0) is 36.4 Å². The van der Waals surface area contributed by atoms with E-state index in [-0.39, 0.29) is 11.5 Å². The lowest BCUT2D eigenvalue weighted by atomic mass is 10.1. The van der Waals surface area contributed by atoms with E-state index < -0.39 is 0 Å². The molecule has 2 aromatic heterocycles. The quantitative estimate of drug-likeness (QED) is 0.536. The van der Waals surface area contributed by atoms with Crippen molar-refractivity contribution in [2.45, 2.75) is 6.61 Å². The molecule has 0 bridgehead atoms. The first kappa shape index (κ1) is 17.4. The first-order valence-electron chi connectivity index (χ1n) is 9.00. The second-order valence-corrected chi connectivity index (χ2v) is 7.64. The predicted octanol–water partition coefficient (Wildman–Crippen LogP) is 4.31. The summed E-state index contributed by atoms with van der Waals surface area (Å²) in [5.74, 6) is 0.670. The van der Waals surface area contributed by atoms with E-state index in [1.165, 1.54) is 17.4 Å². The second-order valence-electron chi connectivity index (χ2n) is 6.59. The third-order valence-electron chi connectivity index (χ3n) is 4.64. The summed E-state index contributed by atoms with van der Waals surface area (Å²) >= 11 is 1.46. The van der Waals surface area contributed by atoms with E-state index in [4.69, 9.17) is 4.74 Å². The van der Waals surface area contributed by atoms with Gasteiger partial charge in [-0.2, -0.15) is 5.10 Å². The Balaban J connectivity index is 1.41. The molecule has 29 heavy (non-hydrogen) atoms. The Bertz CT molecular complexity index is 1270. The van der Waals surface area contributed by atoms with Crippen LogP contribution in [0.25, 0.3) is 21.7 Å². The maximum Gasteiger partial charge on any atom is 0.265 e. The molecule has 2 aromatic carbocycles. The van der Waals surface area contributed by atoms with Crippen molar-refractivity contribution in [2.75, 3.05) is 5.32 Å². The fraction of sp³-hybridized carbons (Fsp3) is 0.0455. The van der Waals surface area contributed by atoms with Crippen LogP contribution >= 0.6 is 11.3 Å². The monoisotopic (exact) mass is 401 g/mol. The van der Waals surface area contributed by atoms with Crippen molar-refractivity contribution in [3.63, 3.8) is 0 Å². The summed E-state index contributed by atoms with van der Waals surface area (Å²) in [5.41, 5.74) is 3.86. The number of H-pyrrole nitrogens is 1. The van der Waals surface area contributed by atoms with Crippen molar-refractivity contribution in [1.82, 2.24) is 10.2 Å². The van der Waals surface area contributed by atoms with Crippen LogP contribution in [0.2, 0.25) is 0 Å². The van der Waals surface area contributed by atoms with Gasteiger partial charge in [0.1, 0.15) is 12.4 Å². The number of thiophene rings is 1. The molecule has 6 nitrogen and oxygen atoms in total. The van der Waals surface area contributed by atoms with Crippen LogP contribution in [0.15, 0.2) is 71.5 Å². The maximum atomic E-state index is 12.8. The zero-order chi connectivity index (χ0) is 19.8. The molecular weight excluding hydrogens is 386 g/mol. The number of carbonyl (C=O) groups is 1. The van der Waals surface area contributed by atoms with Gasteiger partial charge in [-0.25, -0.2) is 5.10 Å². The van der Waals surface area contributed by atoms with Gasteiger partial charge in [-0.15, -0.1) is 11.3 Å². The smallest absolute Gasteiger partial charge is 0.265 e. The highest BCUT2D eigenvalue weighted by Crippen LogP contribution is 2.42. The number of fused-ring (bicyclic) bond motifs is 3. The van der Waals surface area contributed by atoms with Gasteiger partial charge in [0.15, 0.2) is 0 Å². The van der Waals surface area contributed by atoms with E-state index in [0.717, 1.165) is 27.3 Å². The van der Waals surface area contributed by atoms with Gasteiger partial charge in [-0.3, -0.25) is 9.59 Å². The third kappa shape index (κ3) is 3.32. The van der Waals surface area contributed by atoms with Crippen molar-refractivity contribution in [1.29, 1.82) is 0 Å². The summed E-state index contributed by atoms with van der Waals surface area (Å²) in [6.45, 7) is 0.462. The van der Waals surface area contributed by atoms with Crippen LogP contribution in [0.4, 0.5) is 5.69 Å². The Morgan fingerprint density at radius 1 is 1.07 bits per heavy atom. The largest absolute Gasteiger partial charge is 0.488 e. The normalized spacial score (nSPS) is 11.9. The molecule has 0 saturated heterocycles. The predicted molar refractivity (Wildman–Crippen MR) is 112 cm³/mol. The highest BCUT2D eigenvalue weighted by Gasteiger charge is 2.22. The minimum Gasteiger partial charge on any atom is -0.488 e. The number of ether oxygens (including phenoxy) is 1. The number of benzene rings is 2. The Morgan fingerprint density at radius 2 is 1.97 bits per heavy atom. The van der Waals surface area contributed by atoms with Gasteiger partial charge in [0.2, 0.25) is 0 Å². The molecule has 0 radical (unpaired) electrons. The maximum absolute atomic E-state index is 12.8. The minimum absolute atomic E-state index is 0.173. The molecule has 0 unspecified atom stereocenters. The van der Waals surface area contributed by atoms with Gasteiger partial charge < -0.3 is 10.1 Å². The molecule has 1 aliphatic heterocycles. The molecule has 3 heterocycles. The number of amides is 1. The summed E-state index contributed by atoms with van der Waals surface area (Å²) in [6.07, 6.45) is 0. The highest BCUT2D eigenvalue weighted by atomic mass is 32.1. The van der Waals surface area contributed by atoms with Gasteiger partial charge in [0, 0.05) is 33.3 Å². The summed E-state index contributed by atoms with van der Waals surface area (Å²) in [7, 11) is 0. The van der Waals surface area contributed by atoms with Crippen LogP contribution in [-0.4, -0.2) is 16.1 Å². The lowest BCUT2D eigenvalue weighted by Crippen LogP contribution is -2.10. The Hall–Kier alpha value is -3.71. The molecule has 0 spiro atoms. The summed E-state index contributed by atoms with van der Waals surface area (Å²) in [5, 5.41) is 9.39. The van der Waals surface area contributed by atoms with Gasteiger partial charge >= 0.3 is 0 Å². The first-order chi connectivity index (χ1) is 14.2. The molecular formula is C22H15N3O3S. The van der Waals surface area contributed by atoms with Crippen LogP contribution in [0.5, 0.6) is 5.75 Å². The fourth-order valence-corrected chi connectivity index (χ4v) is 4.36. The molecule has 0 fully saturated rings. The number of nitrogens with one attached hydrogen (secondary N) is 2. The number of anilines is 1. The molecule has 142 valence electrons. The molecule has 5 rings (SSSR count). The minimum atomic E-state index is -0.259. The average Bonchev–Trinajstić information content (AvgIpc) is 3.20. The fourth-order valence-electron chi connectivity index (χ4n) is 3.27. The number of hydrogen-bond acceptors (Lipinski definition) is 5. The standard InChI is InChI=1S/C22H15N3O3S/c26-20-9-8-17(24-25-20)13-4-3-5-15(10-13)23-22(27)19-11-14-12-28-18-7-2-1-6-16(18)21(14)29-19/h1-11H,12H2,(H,23,27)(H,25,26). The lowest BCUT2D eigenvalue weighted by molar-refractivity contribution is 0.103. The number of aromatic nitrogens is 2. The van der Waals surface area contributed by atoms with Crippen molar-refractivity contribution in [3.8, 4) is 27.4 Å². The van der Waals surface area contributed by atoms with E-state index in [9.17, 15) is 9.59 Å². The Kier molecular flexibility index (Phi) is 4.22. The van der Waals surface area contributed by atoms with Crippen molar-refractivity contribution >= 4 is 22.9 Å². The topological polar surface area (TPSA) is 84.1 Å². The van der Waals surface area contributed by atoms with Crippen LogP contribution in [-0.2, 0) is 6.61 Å². The Labute approximate surface area is 169 Å². The van der Waals surface area contributed by atoms with Gasteiger partial charge in [0.05, 0.1) is 10.6 Å². The van der Waals surface area contributed by atoms with Crippen molar-refractivity contribution < 1.29 is 9.53 Å². The third-order valence-corrected chi connectivity index (χ3v) is 5.85. The van der Waals surface area contributed by atoms with E-state index in [2.05, 4.69) is 15.5 Å². The number of nitrogens with zero attached hydrogens (tertiary/aromatic N) is 1. The van der Waals surface area contributed by atoms with Crippen molar-refractivity contribution in [3.05, 3.63) is 87.5 Å². The Morgan fingerprint density at radius 3 is 2.83 bits per heavy atom. The molecule has 0 saturated carbocycles.